The van der Waals surface area contributed by atoms with Crippen LogP contribution in [0.15, 0.2) is 30.5 Å². The van der Waals surface area contributed by atoms with E-state index in [0.717, 1.165) is 14.8 Å². The molecule has 0 radical (unpaired) electrons. The van der Waals surface area contributed by atoms with Crippen molar-refractivity contribution >= 4 is 28.4 Å². The third kappa shape index (κ3) is 2.08. The number of nitrogens with zero attached hydrogens (tertiary/aromatic N) is 2. The van der Waals surface area contributed by atoms with Gasteiger partial charge in [0.15, 0.2) is 0 Å². The Morgan fingerprint density at radius 2 is 2.12 bits per heavy atom. The molecule has 82 valence electrons. The van der Waals surface area contributed by atoms with Crippen LogP contribution in [-0.4, -0.2) is 17.1 Å². The van der Waals surface area contributed by atoms with Crippen molar-refractivity contribution < 1.29 is 4.74 Å². The average Bonchev–Trinajstić information content (AvgIpc) is 2.32. The number of hydrogen-bond donors (Lipinski definition) is 1. The van der Waals surface area contributed by atoms with Crippen LogP contribution >= 0.6 is 22.6 Å². The van der Waals surface area contributed by atoms with E-state index in [1.165, 1.54) is 0 Å². The number of anilines is 1. The topological polar surface area (TPSA) is 61.0 Å². The number of pyridine rings is 2. The molecule has 0 aromatic carbocycles. The lowest BCUT2D eigenvalue weighted by Crippen LogP contribution is -1.97. The Hall–Kier alpha value is -1.37. The molecule has 0 unspecified atom stereocenters. The van der Waals surface area contributed by atoms with Crippen molar-refractivity contribution in [2.75, 3.05) is 12.8 Å². The number of nitrogens with two attached hydrogens (primary N) is 1. The summed E-state index contributed by atoms with van der Waals surface area (Å²) in [4.78, 5) is 8.44. The van der Waals surface area contributed by atoms with Crippen LogP contribution in [0.5, 0.6) is 5.88 Å². The van der Waals surface area contributed by atoms with Crippen LogP contribution in [0.1, 0.15) is 0 Å². The van der Waals surface area contributed by atoms with Crippen molar-refractivity contribution in [2.45, 2.75) is 0 Å². The minimum atomic E-state index is 0.487. The van der Waals surface area contributed by atoms with Gasteiger partial charge >= 0.3 is 0 Å². The van der Waals surface area contributed by atoms with Gasteiger partial charge in [0.1, 0.15) is 5.82 Å². The van der Waals surface area contributed by atoms with Crippen LogP contribution in [0.3, 0.4) is 0 Å². The zero-order valence-corrected chi connectivity index (χ0v) is 10.8. The zero-order valence-electron chi connectivity index (χ0n) is 8.64. The van der Waals surface area contributed by atoms with E-state index < -0.39 is 0 Å². The Morgan fingerprint density at radius 1 is 1.31 bits per heavy atom. The Labute approximate surface area is 107 Å². The summed E-state index contributed by atoms with van der Waals surface area (Å²) in [5, 5.41) is 0. The molecular formula is C11H10IN3O. The maximum absolute atomic E-state index is 5.68. The highest BCUT2D eigenvalue weighted by Gasteiger charge is 2.11. The maximum atomic E-state index is 5.68. The molecule has 0 saturated carbocycles. The first kappa shape index (κ1) is 11.1. The van der Waals surface area contributed by atoms with E-state index >= 15 is 0 Å². The summed E-state index contributed by atoms with van der Waals surface area (Å²) in [5.74, 6) is 1.04. The molecule has 4 nitrogen and oxygen atoms in total. The van der Waals surface area contributed by atoms with E-state index in [1.807, 2.05) is 18.2 Å². The van der Waals surface area contributed by atoms with Crippen molar-refractivity contribution in [3.63, 3.8) is 0 Å². The van der Waals surface area contributed by atoms with Gasteiger partial charge in [0, 0.05) is 9.77 Å². The number of nitrogen functional groups attached to an aromatic ring is 1. The third-order valence-electron chi connectivity index (χ3n) is 2.09. The second kappa shape index (κ2) is 4.65. The van der Waals surface area contributed by atoms with Crippen LogP contribution in [0.25, 0.3) is 11.3 Å². The summed E-state index contributed by atoms with van der Waals surface area (Å²) in [6, 6.07) is 7.45. The number of methoxy groups -OCH3 is 1. The summed E-state index contributed by atoms with van der Waals surface area (Å²) in [6.45, 7) is 0. The van der Waals surface area contributed by atoms with E-state index in [9.17, 15) is 0 Å². The molecule has 0 aliphatic carbocycles. The molecule has 2 aromatic rings. The molecule has 0 saturated heterocycles. The summed E-state index contributed by atoms with van der Waals surface area (Å²) >= 11 is 2.21. The molecule has 0 aliphatic rings. The van der Waals surface area contributed by atoms with Crippen LogP contribution in [0.4, 0.5) is 5.82 Å². The van der Waals surface area contributed by atoms with Gasteiger partial charge in [-0.15, -0.1) is 0 Å². The van der Waals surface area contributed by atoms with Crippen LogP contribution < -0.4 is 10.5 Å². The standard InChI is InChI=1S/C11H10IN3O/c1-16-11-7(3-2-6-14-11)10-8(12)4-5-9(13)15-10/h2-6H,1H3,(H2,13,15). The molecule has 2 aromatic heterocycles. The first-order valence-electron chi connectivity index (χ1n) is 4.64. The fraction of sp³-hybridized carbons (Fsp3) is 0.0909. The fourth-order valence-corrected chi connectivity index (χ4v) is 1.97. The highest BCUT2D eigenvalue weighted by Crippen LogP contribution is 2.30. The number of ether oxygens (including phenoxy) is 1. The smallest absolute Gasteiger partial charge is 0.222 e. The summed E-state index contributed by atoms with van der Waals surface area (Å²) in [7, 11) is 1.59. The molecule has 0 aliphatic heterocycles. The van der Waals surface area contributed by atoms with E-state index in [-0.39, 0.29) is 0 Å². The van der Waals surface area contributed by atoms with Crippen molar-refractivity contribution in [1.29, 1.82) is 0 Å². The largest absolute Gasteiger partial charge is 0.481 e. The Bertz CT molecular complexity index is 516. The van der Waals surface area contributed by atoms with Gasteiger partial charge in [-0.2, -0.15) is 0 Å². The monoisotopic (exact) mass is 327 g/mol. The molecule has 0 fully saturated rings. The molecule has 5 heteroatoms. The Morgan fingerprint density at radius 3 is 2.88 bits per heavy atom. The summed E-state index contributed by atoms with van der Waals surface area (Å²) in [6.07, 6.45) is 1.68. The third-order valence-corrected chi connectivity index (χ3v) is 2.96. The highest BCUT2D eigenvalue weighted by molar-refractivity contribution is 14.1. The Balaban J connectivity index is 2.62. The highest BCUT2D eigenvalue weighted by atomic mass is 127. The van der Waals surface area contributed by atoms with Crippen molar-refractivity contribution in [3.05, 3.63) is 34.0 Å². The van der Waals surface area contributed by atoms with E-state index in [4.69, 9.17) is 10.5 Å². The number of aromatic nitrogens is 2. The van der Waals surface area contributed by atoms with Gasteiger partial charge in [0.05, 0.1) is 18.4 Å². The van der Waals surface area contributed by atoms with E-state index in [0.29, 0.717) is 11.7 Å². The van der Waals surface area contributed by atoms with Gasteiger partial charge < -0.3 is 10.5 Å². The lowest BCUT2D eigenvalue weighted by molar-refractivity contribution is 0.399. The minimum absolute atomic E-state index is 0.487. The zero-order chi connectivity index (χ0) is 11.5. The second-order valence-electron chi connectivity index (χ2n) is 3.13. The molecule has 0 atom stereocenters. The van der Waals surface area contributed by atoms with Crippen LogP contribution in [0.2, 0.25) is 0 Å². The number of halogens is 1. The normalized spacial score (nSPS) is 10.1. The molecular weight excluding hydrogens is 317 g/mol. The molecule has 0 spiro atoms. The number of hydrogen-bond acceptors (Lipinski definition) is 4. The second-order valence-corrected chi connectivity index (χ2v) is 4.29. The van der Waals surface area contributed by atoms with Crippen molar-refractivity contribution in [1.82, 2.24) is 9.97 Å². The van der Waals surface area contributed by atoms with Crippen LogP contribution in [0, 0.1) is 3.57 Å². The van der Waals surface area contributed by atoms with E-state index in [2.05, 4.69) is 32.6 Å². The van der Waals surface area contributed by atoms with Crippen molar-refractivity contribution in [3.8, 4) is 17.1 Å². The van der Waals surface area contributed by atoms with Gasteiger partial charge in [-0.3, -0.25) is 0 Å². The fourth-order valence-electron chi connectivity index (χ4n) is 1.38. The van der Waals surface area contributed by atoms with Crippen molar-refractivity contribution in [2.24, 2.45) is 0 Å². The van der Waals surface area contributed by atoms with Gasteiger partial charge in [-0.25, -0.2) is 9.97 Å². The quantitative estimate of drug-likeness (QED) is 0.860. The minimum Gasteiger partial charge on any atom is -0.481 e. The maximum Gasteiger partial charge on any atom is 0.222 e. The SMILES string of the molecule is COc1ncccc1-c1nc(N)ccc1I. The average molecular weight is 327 g/mol. The molecule has 2 rings (SSSR count). The lowest BCUT2D eigenvalue weighted by Gasteiger charge is -2.08. The van der Waals surface area contributed by atoms with E-state index in [1.54, 1.807) is 19.4 Å². The molecule has 2 N–H and O–H groups in total. The summed E-state index contributed by atoms with van der Waals surface area (Å²) in [5.41, 5.74) is 7.33. The lowest BCUT2D eigenvalue weighted by atomic mass is 10.2. The molecule has 2 heterocycles. The predicted octanol–water partition coefficient (Wildman–Crippen LogP) is 2.34. The van der Waals surface area contributed by atoms with Gasteiger partial charge in [-0.1, -0.05) is 0 Å². The molecule has 16 heavy (non-hydrogen) atoms. The molecule has 0 amide bonds. The predicted molar refractivity (Wildman–Crippen MR) is 71.1 cm³/mol. The summed E-state index contributed by atoms with van der Waals surface area (Å²) < 4.78 is 6.21. The first-order chi connectivity index (χ1) is 7.72. The Kier molecular flexibility index (Phi) is 3.23. The molecule has 0 bridgehead atoms. The van der Waals surface area contributed by atoms with Gasteiger partial charge in [0.2, 0.25) is 5.88 Å². The number of rotatable bonds is 2. The van der Waals surface area contributed by atoms with Gasteiger partial charge in [0.25, 0.3) is 0 Å². The van der Waals surface area contributed by atoms with Gasteiger partial charge in [-0.05, 0) is 46.9 Å². The van der Waals surface area contributed by atoms with Crippen LogP contribution in [-0.2, 0) is 0 Å². The first-order valence-corrected chi connectivity index (χ1v) is 5.71.